The highest BCUT2D eigenvalue weighted by Gasteiger charge is 2.01. The molecule has 0 radical (unpaired) electrons. The lowest BCUT2D eigenvalue weighted by Crippen LogP contribution is -2.05. The van der Waals surface area contributed by atoms with Gasteiger partial charge in [0.2, 0.25) is 0 Å². The molecule has 0 fully saturated rings. The van der Waals surface area contributed by atoms with E-state index < -0.39 is 6.29 Å². The lowest BCUT2D eigenvalue weighted by atomic mass is 10.1. The number of carbonyl (C=O) groups excluding carboxylic acids is 2. The van der Waals surface area contributed by atoms with Crippen LogP contribution in [0.5, 0.6) is 0 Å². The number of unbranched alkanes of at least 4 members (excludes halogenated alkanes) is 7. The number of aliphatic hydroxyl groups is 1. The number of methoxy groups -OCH3 is 2. The van der Waals surface area contributed by atoms with Crippen LogP contribution in [0, 0.1) is 0 Å². The first-order valence-corrected chi connectivity index (χ1v) is 8.09. The molecule has 0 aliphatic rings. The van der Waals surface area contributed by atoms with Crippen molar-refractivity contribution in [2.75, 3.05) is 14.2 Å². The van der Waals surface area contributed by atoms with Gasteiger partial charge in [-0.3, -0.25) is 9.59 Å². The molecule has 0 unspecified atom stereocenters. The van der Waals surface area contributed by atoms with Gasteiger partial charge >= 0.3 is 5.97 Å². The molecule has 1 N–H and O–H groups in total. The Hall–Kier alpha value is -1.20. The maximum absolute atomic E-state index is 11.5. The first-order chi connectivity index (χ1) is 10.6. The van der Waals surface area contributed by atoms with Crippen LogP contribution in [0.2, 0.25) is 0 Å². The number of allylic oxidation sites excluding steroid dienone is 1. The largest absolute Gasteiger partial charge is 0.469 e. The van der Waals surface area contributed by atoms with Crippen molar-refractivity contribution in [1.29, 1.82) is 0 Å². The lowest BCUT2D eigenvalue weighted by Gasteiger charge is -2.02. The third kappa shape index (κ3) is 13.8. The van der Waals surface area contributed by atoms with Crippen molar-refractivity contribution < 1.29 is 24.2 Å². The van der Waals surface area contributed by atoms with E-state index in [1.165, 1.54) is 39.2 Å². The highest BCUT2D eigenvalue weighted by atomic mass is 16.6. The van der Waals surface area contributed by atoms with Gasteiger partial charge < -0.3 is 14.6 Å². The zero-order valence-corrected chi connectivity index (χ0v) is 13.9. The minimum Gasteiger partial charge on any atom is -0.469 e. The smallest absolute Gasteiger partial charge is 0.305 e. The molecule has 0 heterocycles. The van der Waals surface area contributed by atoms with Gasteiger partial charge in [0.1, 0.15) is 0 Å². The Labute approximate surface area is 133 Å². The Bertz CT molecular complexity index is 325. The third-order valence-electron chi connectivity index (χ3n) is 3.47. The molecule has 128 valence electrons. The average Bonchev–Trinajstić information content (AvgIpc) is 2.53. The van der Waals surface area contributed by atoms with Crippen molar-refractivity contribution in [3.63, 3.8) is 0 Å². The number of carbonyl (C=O) groups is 2. The molecule has 0 saturated carbocycles. The minimum absolute atomic E-state index is 0.0268. The number of rotatable bonds is 14. The van der Waals surface area contributed by atoms with E-state index in [9.17, 15) is 9.59 Å². The van der Waals surface area contributed by atoms with Crippen LogP contribution in [-0.4, -0.2) is 37.4 Å². The summed E-state index contributed by atoms with van der Waals surface area (Å²) in [7, 11) is 2.80. The zero-order chi connectivity index (χ0) is 16.6. The number of esters is 1. The van der Waals surface area contributed by atoms with Gasteiger partial charge in [0.15, 0.2) is 12.1 Å². The number of aliphatic hydroxyl groups excluding tert-OH is 1. The molecule has 5 nitrogen and oxygen atoms in total. The molecule has 0 aliphatic carbocycles. The summed E-state index contributed by atoms with van der Waals surface area (Å²) in [6.07, 6.45) is 11.3. The fourth-order valence-corrected chi connectivity index (χ4v) is 2.08. The zero-order valence-electron chi connectivity index (χ0n) is 13.9. The average molecular weight is 314 g/mol. The Morgan fingerprint density at radius 2 is 1.41 bits per heavy atom. The minimum atomic E-state index is -0.997. The SMILES string of the molecule is COC(=O)CCCCCCCCCCC(=O)C=C[C@@H](O)OC. The Kier molecular flexibility index (Phi) is 13.9. The van der Waals surface area contributed by atoms with Crippen molar-refractivity contribution in [2.24, 2.45) is 0 Å². The van der Waals surface area contributed by atoms with Crippen LogP contribution in [-0.2, 0) is 19.1 Å². The molecule has 0 rings (SSSR count). The maximum atomic E-state index is 11.5. The molecule has 5 heteroatoms. The summed E-state index contributed by atoms with van der Waals surface area (Å²) in [4.78, 5) is 22.4. The Balaban J connectivity index is 3.31. The van der Waals surface area contributed by atoms with E-state index in [0.717, 1.165) is 38.5 Å². The van der Waals surface area contributed by atoms with Crippen LogP contribution in [0.1, 0.15) is 64.2 Å². The van der Waals surface area contributed by atoms with Crippen LogP contribution < -0.4 is 0 Å². The number of ketones is 1. The normalized spacial score (nSPS) is 12.5. The first-order valence-electron chi connectivity index (χ1n) is 8.09. The molecule has 0 aliphatic heterocycles. The van der Waals surface area contributed by atoms with Crippen molar-refractivity contribution in [2.45, 2.75) is 70.5 Å². The number of hydrogen-bond donors (Lipinski definition) is 1. The summed E-state index contributed by atoms with van der Waals surface area (Å²) < 4.78 is 9.19. The summed E-state index contributed by atoms with van der Waals surface area (Å²) in [5.41, 5.74) is 0. The second-order valence-electron chi connectivity index (χ2n) is 5.36. The first kappa shape index (κ1) is 20.8. The number of hydrogen-bond acceptors (Lipinski definition) is 5. The highest BCUT2D eigenvalue weighted by molar-refractivity contribution is 5.89. The lowest BCUT2D eigenvalue weighted by molar-refractivity contribution is -0.140. The van der Waals surface area contributed by atoms with E-state index in [4.69, 9.17) is 5.11 Å². The van der Waals surface area contributed by atoms with E-state index in [-0.39, 0.29) is 11.8 Å². The summed E-state index contributed by atoms with van der Waals surface area (Å²) in [5.74, 6) is -0.101. The Morgan fingerprint density at radius 1 is 0.909 bits per heavy atom. The van der Waals surface area contributed by atoms with Crippen molar-refractivity contribution in [3.05, 3.63) is 12.2 Å². The second kappa shape index (κ2) is 14.7. The van der Waals surface area contributed by atoms with Crippen LogP contribution in [0.4, 0.5) is 0 Å². The van der Waals surface area contributed by atoms with Crippen LogP contribution in [0.3, 0.4) is 0 Å². The quantitative estimate of drug-likeness (QED) is 0.231. The Morgan fingerprint density at radius 3 is 1.91 bits per heavy atom. The van der Waals surface area contributed by atoms with E-state index in [2.05, 4.69) is 9.47 Å². The number of ether oxygens (including phenoxy) is 2. The van der Waals surface area contributed by atoms with Crippen LogP contribution in [0.25, 0.3) is 0 Å². The van der Waals surface area contributed by atoms with Gasteiger partial charge in [-0.05, 0) is 25.0 Å². The third-order valence-corrected chi connectivity index (χ3v) is 3.47. The topological polar surface area (TPSA) is 72.8 Å². The maximum Gasteiger partial charge on any atom is 0.305 e. The van der Waals surface area contributed by atoms with Gasteiger partial charge in [-0.1, -0.05) is 38.5 Å². The van der Waals surface area contributed by atoms with E-state index in [1.807, 2.05) is 0 Å². The van der Waals surface area contributed by atoms with Gasteiger partial charge in [0.25, 0.3) is 0 Å². The molecule has 1 atom stereocenters. The fraction of sp³-hybridized carbons (Fsp3) is 0.765. The summed E-state index contributed by atoms with van der Waals surface area (Å²) in [5, 5.41) is 9.09. The monoisotopic (exact) mass is 314 g/mol. The molecule has 0 aromatic rings. The van der Waals surface area contributed by atoms with Crippen LogP contribution >= 0.6 is 0 Å². The second-order valence-corrected chi connectivity index (χ2v) is 5.36. The van der Waals surface area contributed by atoms with Gasteiger partial charge in [0, 0.05) is 20.0 Å². The molecule has 0 bridgehead atoms. The molecule has 0 amide bonds. The summed E-state index contributed by atoms with van der Waals surface area (Å²) in [6.45, 7) is 0. The van der Waals surface area contributed by atoms with E-state index >= 15 is 0 Å². The molecule has 0 aromatic heterocycles. The molecular formula is C17H30O5. The fourth-order valence-electron chi connectivity index (χ4n) is 2.08. The van der Waals surface area contributed by atoms with Crippen molar-refractivity contribution in [1.82, 2.24) is 0 Å². The molecule has 22 heavy (non-hydrogen) atoms. The predicted molar refractivity (Wildman–Crippen MR) is 85.3 cm³/mol. The summed E-state index contributed by atoms with van der Waals surface area (Å²) in [6, 6.07) is 0. The molecule has 0 aromatic carbocycles. The summed E-state index contributed by atoms with van der Waals surface area (Å²) >= 11 is 0. The van der Waals surface area contributed by atoms with E-state index in [0.29, 0.717) is 12.8 Å². The van der Waals surface area contributed by atoms with Gasteiger partial charge in [-0.25, -0.2) is 0 Å². The highest BCUT2D eigenvalue weighted by Crippen LogP contribution is 2.11. The predicted octanol–water partition coefficient (Wildman–Crippen LogP) is 3.15. The van der Waals surface area contributed by atoms with Crippen LogP contribution in [0.15, 0.2) is 12.2 Å². The molecular weight excluding hydrogens is 284 g/mol. The van der Waals surface area contributed by atoms with Crippen molar-refractivity contribution in [3.8, 4) is 0 Å². The van der Waals surface area contributed by atoms with Crippen molar-refractivity contribution >= 4 is 11.8 Å². The molecule has 0 saturated heterocycles. The molecule has 0 spiro atoms. The van der Waals surface area contributed by atoms with Gasteiger partial charge in [0.05, 0.1) is 7.11 Å². The standard InChI is InChI=1S/C17H30O5/c1-21-16(19)12-10-8-6-4-3-5-7-9-11-15(18)13-14-17(20)22-2/h13-14,17,20H,3-12H2,1-2H3/t17-/m0/s1. The van der Waals surface area contributed by atoms with Gasteiger partial charge in [-0.2, -0.15) is 0 Å². The van der Waals surface area contributed by atoms with Gasteiger partial charge in [-0.15, -0.1) is 0 Å². The van der Waals surface area contributed by atoms with E-state index in [1.54, 1.807) is 0 Å².